The van der Waals surface area contributed by atoms with Crippen LogP contribution in [0.2, 0.25) is 0 Å². The quantitative estimate of drug-likeness (QED) is 0.277. The number of nitrogens with zero attached hydrogens (tertiary/aromatic N) is 1. The van der Waals surface area contributed by atoms with Crippen LogP contribution in [0.15, 0.2) is 57.8 Å². The summed E-state index contributed by atoms with van der Waals surface area (Å²) >= 11 is 1.25. The number of benzene rings is 2. The highest BCUT2D eigenvalue weighted by Crippen LogP contribution is 2.30. The van der Waals surface area contributed by atoms with Gasteiger partial charge in [-0.25, -0.2) is 4.79 Å². The molecule has 0 fully saturated rings. The Kier molecular flexibility index (Phi) is 4.76. The van der Waals surface area contributed by atoms with E-state index < -0.39 is 17.0 Å². The number of carbonyl (C=O) groups is 1. The number of carbonyl (C=O) groups excluding carboxylic acids is 1. The minimum Gasteiger partial charge on any atom is -0.457 e. The molecular formula is C18H15NO5S. The van der Waals surface area contributed by atoms with Crippen LogP contribution in [0.4, 0.5) is 5.69 Å². The Bertz CT molecular complexity index is 917. The number of fused-ring (bicyclic) bond motifs is 1. The van der Waals surface area contributed by atoms with E-state index in [1.165, 1.54) is 23.9 Å². The number of furan rings is 1. The van der Waals surface area contributed by atoms with Gasteiger partial charge in [-0.2, -0.15) is 0 Å². The van der Waals surface area contributed by atoms with Gasteiger partial charge in [-0.3, -0.25) is 10.1 Å². The van der Waals surface area contributed by atoms with Gasteiger partial charge in [0.2, 0.25) is 0 Å². The van der Waals surface area contributed by atoms with E-state index in [4.69, 9.17) is 9.15 Å². The van der Waals surface area contributed by atoms with Gasteiger partial charge in [0.1, 0.15) is 11.3 Å². The molecule has 0 spiro atoms. The number of hydrogen-bond donors (Lipinski definition) is 0. The molecule has 0 unspecified atom stereocenters. The zero-order valence-corrected chi connectivity index (χ0v) is 14.4. The molecule has 1 heterocycles. The monoisotopic (exact) mass is 357 g/mol. The molecular weight excluding hydrogens is 342 g/mol. The third kappa shape index (κ3) is 3.51. The van der Waals surface area contributed by atoms with Crippen LogP contribution in [0.3, 0.4) is 0 Å². The van der Waals surface area contributed by atoms with Crippen LogP contribution < -0.4 is 0 Å². The first-order chi connectivity index (χ1) is 12.0. The lowest BCUT2D eigenvalue weighted by Gasteiger charge is -2.11. The van der Waals surface area contributed by atoms with E-state index in [0.717, 1.165) is 5.39 Å². The van der Waals surface area contributed by atoms with Crippen molar-refractivity contribution in [3.05, 3.63) is 70.0 Å². The van der Waals surface area contributed by atoms with Crippen molar-refractivity contribution in [1.29, 1.82) is 0 Å². The van der Waals surface area contributed by atoms with E-state index in [2.05, 4.69) is 0 Å². The summed E-state index contributed by atoms with van der Waals surface area (Å²) in [6.07, 6.45) is 1.13. The molecule has 0 saturated heterocycles. The third-order valence-corrected chi connectivity index (χ3v) is 4.53. The summed E-state index contributed by atoms with van der Waals surface area (Å²) in [4.78, 5) is 23.4. The van der Waals surface area contributed by atoms with Gasteiger partial charge in [0.15, 0.2) is 6.10 Å². The average Bonchev–Trinajstić information content (AvgIpc) is 3.05. The summed E-state index contributed by atoms with van der Waals surface area (Å²) in [5.74, 6) is -0.117. The first-order valence-corrected chi connectivity index (χ1v) is 8.74. The second-order valence-corrected chi connectivity index (χ2v) is 6.23. The fourth-order valence-corrected chi connectivity index (χ4v) is 3.00. The smallest absolute Gasteiger partial charge is 0.339 e. The Morgan fingerprint density at radius 2 is 2.00 bits per heavy atom. The molecule has 6 nitrogen and oxygen atoms in total. The molecule has 128 valence electrons. The molecule has 0 bridgehead atoms. The Morgan fingerprint density at radius 3 is 2.68 bits per heavy atom. The lowest BCUT2D eigenvalue weighted by molar-refractivity contribution is -0.387. The minimum atomic E-state index is -0.635. The SMILES string of the molecule is CSc1ccc(C(=O)O[C@H](C)c2cc3ccccc3o2)cc1[N+](=O)[O-]. The van der Waals surface area contributed by atoms with Crippen molar-refractivity contribution in [2.45, 2.75) is 17.9 Å². The molecule has 3 rings (SSSR count). The van der Waals surface area contributed by atoms with E-state index in [1.54, 1.807) is 19.2 Å². The number of nitro groups is 1. The Labute approximate surface area is 147 Å². The zero-order valence-electron chi connectivity index (χ0n) is 13.6. The number of nitro benzene ring substituents is 1. The van der Waals surface area contributed by atoms with Gasteiger partial charge in [0.05, 0.1) is 15.4 Å². The molecule has 1 aromatic heterocycles. The Hall–Kier alpha value is -2.80. The molecule has 0 amide bonds. The summed E-state index contributed by atoms with van der Waals surface area (Å²) in [7, 11) is 0. The Morgan fingerprint density at radius 1 is 1.24 bits per heavy atom. The summed E-state index contributed by atoms with van der Waals surface area (Å²) in [5, 5.41) is 12.0. The molecule has 7 heteroatoms. The maximum Gasteiger partial charge on any atom is 0.339 e. The van der Waals surface area contributed by atoms with Crippen molar-refractivity contribution in [2.75, 3.05) is 6.26 Å². The fourth-order valence-electron chi connectivity index (χ4n) is 2.45. The highest BCUT2D eigenvalue weighted by molar-refractivity contribution is 7.98. The number of hydrogen-bond acceptors (Lipinski definition) is 6. The predicted molar refractivity (Wildman–Crippen MR) is 94.9 cm³/mol. The molecule has 1 atom stereocenters. The summed E-state index contributed by atoms with van der Waals surface area (Å²) in [6.45, 7) is 1.69. The van der Waals surface area contributed by atoms with Gasteiger partial charge in [0.25, 0.3) is 5.69 Å². The third-order valence-electron chi connectivity index (χ3n) is 3.74. The van der Waals surface area contributed by atoms with Gasteiger partial charge in [0, 0.05) is 11.5 Å². The zero-order chi connectivity index (χ0) is 18.0. The molecule has 0 radical (unpaired) electrons. The number of ether oxygens (including phenoxy) is 1. The van der Waals surface area contributed by atoms with Gasteiger partial charge in [-0.1, -0.05) is 18.2 Å². The predicted octanol–water partition coefficient (Wildman–Crippen LogP) is 4.98. The number of para-hydroxylation sites is 1. The maximum absolute atomic E-state index is 12.3. The van der Waals surface area contributed by atoms with Crippen molar-refractivity contribution < 1.29 is 18.9 Å². The number of esters is 1. The first kappa shape index (κ1) is 17.0. The Balaban J connectivity index is 1.81. The van der Waals surface area contributed by atoms with Crippen LogP contribution >= 0.6 is 11.8 Å². The van der Waals surface area contributed by atoms with E-state index in [0.29, 0.717) is 16.2 Å². The normalized spacial score (nSPS) is 12.1. The van der Waals surface area contributed by atoms with Gasteiger partial charge in [-0.15, -0.1) is 11.8 Å². The summed E-state index contributed by atoms with van der Waals surface area (Å²) in [6, 6.07) is 13.6. The summed E-state index contributed by atoms with van der Waals surface area (Å²) in [5.41, 5.74) is 0.728. The molecule has 0 N–H and O–H groups in total. The molecule has 3 aromatic rings. The van der Waals surface area contributed by atoms with Gasteiger partial charge in [-0.05, 0) is 37.4 Å². The van der Waals surface area contributed by atoms with Crippen LogP contribution in [0.1, 0.15) is 29.1 Å². The second kappa shape index (κ2) is 6.98. The van der Waals surface area contributed by atoms with Crippen molar-refractivity contribution in [1.82, 2.24) is 0 Å². The van der Waals surface area contributed by atoms with Gasteiger partial charge < -0.3 is 9.15 Å². The van der Waals surface area contributed by atoms with Crippen LogP contribution in [-0.4, -0.2) is 17.1 Å². The van der Waals surface area contributed by atoms with Crippen molar-refractivity contribution in [3.8, 4) is 0 Å². The van der Waals surface area contributed by atoms with E-state index in [-0.39, 0.29) is 11.3 Å². The fraction of sp³-hybridized carbons (Fsp3) is 0.167. The van der Waals surface area contributed by atoms with Crippen LogP contribution in [-0.2, 0) is 4.74 Å². The van der Waals surface area contributed by atoms with Crippen LogP contribution in [0, 0.1) is 10.1 Å². The van der Waals surface area contributed by atoms with E-state index >= 15 is 0 Å². The standard InChI is InChI=1S/C18H15NO5S/c1-11(16-10-12-5-3-4-6-15(12)24-16)23-18(20)13-7-8-17(25-2)14(9-13)19(21)22/h3-11H,1-2H3/t11-/m1/s1. The molecule has 0 saturated carbocycles. The van der Waals surface area contributed by atoms with Crippen molar-refractivity contribution in [2.24, 2.45) is 0 Å². The van der Waals surface area contributed by atoms with Crippen LogP contribution in [0.5, 0.6) is 0 Å². The van der Waals surface area contributed by atoms with Crippen molar-refractivity contribution >= 4 is 34.4 Å². The lowest BCUT2D eigenvalue weighted by Crippen LogP contribution is -2.09. The average molecular weight is 357 g/mol. The topological polar surface area (TPSA) is 82.6 Å². The van der Waals surface area contributed by atoms with Crippen molar-refractivity contribution in [3.63, 3.8) is 0 Å². The highest BCUT2D eigenvalue weighted by Gasteiger charge is 2.21. The van der Waals surface area contributed by atoms with E-state index in [1.807, 2.05) is 30.3 Å². The van der Waals surface area contributed by atoms with Gasteiger partial charge >= 0.3 is 5.97 Å². The second-order valence-electron chi connectivity index (χ2n) is 5.38. The number of thioether (sulfide) groups is 1. The summed E-state index contributed by atoms with van der Waals surface area (Å²) < 4.78 is 11.1. The maximum atomic E-state index is 12.3. The first-order valence-electron chi connectivity index (χ1n) is 7.51. The molecule has 25 heavy (non-hydrogen) atoms. The molecule has 2 aromatic carbocycles. The highest BCUT2D eigenvalue weighted by atomic mass is 32.2. The number of rotatable bonds is 5. The van der Waals surface area contributed by atoms with Crippen LogP contribution in [0.25, 0.3) is 11.0 Å². The largest absolute Gasteiger partial charge is 0.457 e. The molecule has 0 aliphatic carbocycles. The lowest BCUT2D eigenvalue weighted by atomic mass is 10.2. The minimum absolute atomic E-state index is 0.113. The molecule has 0 aliphatic rings. The molecule has 0 aliphatic heterocycles. The van der Waals surface area contributed by atoms with E-state index in [9.17, 15) is 14.9 Å².